The lowest BCUT2D eigenvalue weighted by Gasteiger charge is -2.08. The maximum absolute atomic E-state index is 12.4. The Morgan fingerprint density at radius 3 is 2.48 bits per heavy atom. The van der Waals surface area contributed by atoms with Gasteiger partial charge in [-0.2, -0.15) is 0 Å². The van der Waals surface area contributed by atoms with Crippen molar-refractivity contribution in [3.8, 4) is 5.75 Å². The van der Waals surface area contributed by atoms with Gasteiger partial charge in [0.2, 0.25) is 0 Å². The van der Waals surface area contributed by atoms with E-state index in [2.05, 4.69) is 15.9 Å². The first-order valence-electron chi connectivity index (χ1n) is 6.63. The largest absolute Gasteiger partial charge is 0.507 e. The van der Waals surface area contributed by atoms with Gasteiger partial charge in [-0.15, -0.1) is 0 Å². The number of aromatic hydroxyl groups is 1. The smallest absolute Gasteiger partial charge is 0.167 e. The molecule has 21 heavy (non-hydrogen) atoms. The Balaban J connectivity index is 2.01. The molecule has 0 aromatic heterocycles. The zero-order valence-corrected chi connectivity index (χ0v) is 12.8. The fraction of sp³-hybridized carbons (Fsp3) is 0.0556. The number of hydrogen-bond acceptors (Lipinski definition) is 2. The van der Waals surface area contributed by atoms with E-state index in [4.69, 9.17) is 0 Å². The number of phenols is 1. The summed E-state index contributed by atoms with van der Waals surface area (Å²) in [6, 6.07) is 18.5. The first-order valence-corrected chi connectivity index (χ1v) is 7.43. The highest BCUT2D eigenvalue weighted by Crippen LogP contribution is 2.28. The van der Waals surface area contributed by atoms with Crippen LogP contribution in [-0.4, -0.2) is 10.9 Å². The molecule has 0 atom stereocenters. The molecule has 0 amide bonds. The summed E-state index contributed by atoms with van der Waals surface area (Å²) in [7, 11) is 0. The van der Waals surface area contributed by atoms with Crippen LogP contribution < -0.4 is 0 Å². The number of benzene rings is 3. The van der Waals surface area contributed by atoms with Gasteiger partial charge in [-0.1, -0.05) is 58.4 Å². The van der Waals surface area contributed by atoms with Crippen LogP contribution in [0.15, 0.2) is 65.1 Å². The van der Waals surface area contributed by atoms with Crippen LogP contribution in [0.2, 0.25) is 0 Å². The van der Waals surface area contributed by atoms with Gasteiger partial charge in [-0.05, 0) is 29.1 Å². The van der Waals surface area contributed by atoms with Crippen molar-refractivity contribution >= 4 is 32.5 Å². The molecular weight excluding hydrogens is 328 g/mol. The van der Waals surface area contributed by atoms with Crippen LogP contribution in [-0.2, 0) is 6.42 Å². The Labute approximate surface area is 131 Å². The van der Waals surface area contributed by atoms with Gasteiger partial charge in [0.25, 0.3) is 0 Å². The van der Waals surface area contributed by atoms with Gasteiger partial charge in [-0.25, -0.2) is 0 Å². The van der Waals surface area contributed by atoms with Crippen molar-refractivity contribution in [2.24, 2.45) is 0 Å². The number of phenolic OH excluding ortho intramolecular Hbond substituents is 1. The van der Waals surface area contributed by atoms with Crippen LogP contribution in [0.25, 0.3) is 10.8 Å². The van der Waals surface area contributed by atoms with Crippen molar-refractivity contribution in [1.29, 1.82) is 0 Å². The Kier molecular flexibility index (Phi) is 3.76. The average molecular weight is 341 g/mol. The molecule has 0 aliphatic heterocycles. The van der Waals surface area contributed by atoms with Gasteiger partial charge < -0.3 is 5.11 Å². The molecule has 3 aromatic carbocycles. The summed E-state index contributed by atoms with van der Waals surface area (Å²) < 4.78 is 0.883. The molecule has 0 heterocycles. The number of halogens is 1. The van der Waals surface area contributed by atoms with Crippen molar-refractivity contribution < 1.29 is 9.90 Å². The molecule has 0 unspecified atom stereocenters. The van der Waals surface area contributed by atoms with Crippen LogP contribution in [0, 0.1) is 0 Å². The van der Waals surface area contributed by atoms with E-state index in [1.807, 2.05) is 42.5 Å². The third-order valence-corrected chi connectivity index (χ3v) is 3.96. The predicted molar refractivity (Wildman–Crippen MR) is 87.8 cm³/mol. The molecule has 0 saturated carbocycles. The standard InChI is InChI=1S/C18H13BrO2/c19-15-8-2-6-13(10-15)17(21)11-14-7-1-4-12-5-3-9-16(20)18(12)14/h1-10,20H,11H2. The lowest BCUT2D eigenvalue weighted by atomic mass is 9.97. The molecule has 2 nitrogen and oxygen atoms in total. The lowest BCUT2D eigenvalue weighted by molar-refractivity contribution is 0.0993. The fourth-order valence-corrected chi connectivity index (χ4v) is 2.88. The second kappa shape index (κ2) is 5.70. The van der Waals surface area contributed by atoms with Gasteiger partial charge in [-0.3, -0.25) is 4.79 Å². The normalized spacial score (nSPS) is 10.7. The average Bonchev–Trinajstić information content (AvgIpc) is 2.47. The molecule has 0 saturated heterocycles. The molecule has 3 aromatic rings. The van der Waals surface area contributed by atoms with E-state index in [1.165, 1.54) is 0 Å². The van der Waals surface area contributed by atoms with E-state index in [9.17, 15) is 9.90 Å². The van der Waals surface area contributed by atoms with E-state index < -0.39 is 0 Å². The molecule has 3 heteroatoms. The first kappa shape index (κ1) is 13.8. The van der Waals surface area contributed by atoms with Crippen molar-refractivity contribution in [3.05, 3.63) is 76.3 Å². The molecule has 104 valence electrons. The van der Waals surface area contributed by atoms with Crippen LogP contribution in [0.5, 0.6) is 5.75 Å². The van der Waals surface area contributed by atoms with E-state index in [0.717, 1.165) is 20.8 Å². The molecule has 0 spiro atoms. The van der Waals surface area contributed by atoms with Crippen molar-refractivity contribution in [3.63, 3.8) is 0 Å². The SMILES string of the molecule is O=C(Cc1cccc2cccc(O)c12)c1cccc(Br)c1. The monoisotopic (exact) mass is 340 g/mol. The quantitative estimate of drug-likeness (QED) is 0.699. The number of hydrogen-bond donors (Lipinski definition) is 1. The third-order valence-electron chi connectivity index (χ3n) is 3.47. The molecule has 1 N–H and O–H groups in total. The minimum atomic E-state index is 0.0343. The van der Waals surface area contributed by atoms with Gasteiger partial charge in [0.15, 0.2) is 5.78 Å². The molecule has 0 aliphatic carbocycles. The highest BCUT2D eigenvalue weighted by molar-refractivity contribution is 9.10. The summed E-state index contributed by atoms with van der Waals surface area (Å²) in [4.78, 5) is 12.4. The highest BCUT2D eigenvalue weighted by atomic mass is 79.9. The molecular formula is C18H13BrO2. The summed E-state index contributed by atoms with van der Waals surface area (Å²) >= 11 is 3.38. The summed E-state index contributed by atoms with van der Waals surface area (Å²) in [5.74, 6) is 0.247. The third kappa shape index (κ3) is 2.83. The number of fused-ring (bicyclic) bond motifs is 1. The molecule has 0 aliphatic rings. The lowest BCUT2D eigenvalue weighted by Crippen LogP contribution is -2.04. The minimum absolute atomic E-state index is 0.0343. The summed E-state index contributed by atoms with van der Waals surface area (Å²) in [6.45, 7) is 0. The van der Waals surface area contributed by atoms with E-state index in [-0.39, 0.29) is 18.0 Å². The second-order valence-electron chi connectivity index (χ2n) is 4.90. The van der Waals surface area contributed by atoms with E-state index >= 15 is 0 Å². The maximum atomic E-state index is 12.4. The molecule has 0 radical (unpaired) electrons. The molecule has 0 bridgehead atoms. The minimum Gasteiger partial charge on any atom is -0.507 e. The first-order chi connectivity index (χ1) is 10.1. The Morgan fingerprint density at radius 2 is 1.71 bits per heavy atom. The van der Waals surface area contributed by atoms with Crippen molar-refractivity contribution in [2.45, 2.75) is 6.42 Å². The second-order valence-corrected chi connectivity index (χ2v) is 5.82. The van der Waals surface area contributed by atoms with Crippen molar-refractivity contribution in [2.75, 3.05) is 0 Å². The van der Waals surface area contributed by atoms with Crippen LogP contribution in [0.4, 0.5) is 0 Å². The Bertz CT molecular complexity index is 819. The number of carbonyl (C=O) groups excluding carboxylic acids is 1. The van der Waals surface area contributed by atoms with Crippen LogP contribution in [0.3, 0.4) is 0 Å². The van der Waals surface area contributed by atoms with Gasteiger partial charge >= 0.3 is 0 Å². The summed E-state index contributed by atoms with van der Waals surface area (Å²) in [5, 5.41) is 11.8. The molecule has 0 fully saturated rings. The fourth-order valence-electron chi connectivity index (χ4n) is 2.48. The zero-order chi connectivity index (χ0) is 14.8. The Hall–Kier alpha value is -2.13. The number of ketones is 1. The van der Waals surface area contributed by atoms with Crippen LogP contribution >= 0.6 is 15.9 Å². The maximum Gasteiger partial charge on any atom is 0.167 e. The topological polar surface area (TPSA) is 37.3 Å². The summed E-state index contributed by atoms with van der Waals surface area (Å²) in [5.41, 5.74) is 1.51. The van der Waals surface area contributed by atoms with E-state index in [1.54, 1.807) is 18.2 Å². The number of rotatable bonds is 3. The van der Waals surface area contributed by atoms with Gasteiger partial charge in [0, 0.05) is 21.8 Å². The highest BCUT2D eigenvalue weighted by Gasteiger charge is 2.11. The Morgan fingerprint density at radius 1 is 1.00 bits per heavy atom. The van der Waals surface area contributed by atoms with Crippen LogP contribution in [0.1, 0.15) is 15.9 Å². The van der Waals surface area contributed by atoms with Crippen molar-refractivity contribution in [1.82, 2.24) is 0 Å². The van der Waals surface area contributed by atoms with E-state index in [0.29, 0.717) is 5.56 Å². The number of carbonyl (C=O) groups is 1. The summed E-state index contributed by atoms with van der Waals surface area (Å²) in [6.07, 6.45) is 0.269. The predicted octanol–water partition coefficient (Wildman–Crippen LogP) is 4.73. The molecule has 3 rings (SSSR count). The zero-order valence-electron chi connectivity index (χ0n) is 11.2. The number of Topliss-reactive ketones (excluding diaryl/α,β-unsaturated/α-hetero) is 1. The van der Waals surface area contributed by atoms with Gasteiger partial charge in [0.05, 0.1) is 0 Å². The van der Waals surface area contributed by atoms with Gasteiger partial charge in [0.1, 0.15) is 5.75 Å².